The molecule has 2 aromatic carbocycles. The lowest BCUT2D eigenvalue weighted by Gasteiger charge is -2.03. The fourth-order valence-electron chi connectivity index (χ4n) is 3.14. The average Bonchev–Trinajstić information content (AvgIpc) is 3.03. The SMILES string of the molecule is CBr.CCCCCNCC(=O)c1ccc(O)cc1.CCOC(=O)c1cccc(N)c1.CCP.COc1ccc(CC(=O)O)cn1. The topological polar surface area (TPSA) is 161 Å². The molecule has 0 fully saturated rings. The van der Waals surface area contributed by atoms with Crippen molar-refractivity contribution in [2.75, 3.05) is 44.5 Å². The zero-order chi connectivity index (χ0) is 34.5. The van der Waals surface area contributed by atoms with Crippen LogP contribution in [0.2, 0.25) is 0 Å². The number of ether oxygens (including phenoxy) is 2. The van der Waals surface area contributed by atoms with Crippen LogP contribution in [0.5, 0.6) is 11.6 Å². The van der Waals surface area contributed by atoms with Crippen LogP contribution < -0.4 is 15.8 Å². The molecular weight excluding hydrogens is 661 g/mol. The Labute approximate surface area is 278 Å². The van der Waals surface area contributed by atoms with Crippen molar-refractivity contribution in [3.05, 3.63) is 83.6 Å². The first-order chi connectivity index (χ1) is 21.6. The first-order valence-corrected chi connectivity index (χ1v) is 16.9. The van der Waals surface area contributed by atoms with Gasteiger partial charge in [-0.15, -0.1) is 9.24 Å². The number of rotatable bonds is 12. The number of halogens is 1. The summed E-state index contributed by atoms with van der Waals surface area (Å²) < 4.78 is 9.60. The minimum Gasteiger partial charge on any atom is -0.508 e. The first kappa shape index (κ1) is 43.6. The minimum atomic E-state index is -0.859. The standard InChI is InChI=1S/C13H19NO2.C9H11NO2.C8H9NO3.C2H7P.CH3Br/c1-2-3-4-9-14-10-13(16)11-5-7-12(15)8-6-11;1-2-12-9(11)7-4-3-5-8(10)6-7;1-12-7-3-2-6(5-9-7)4-8(10)11;1-2-3;1-2/h5-8,14-15H,2-4,9-10H2,1H3;3-6H,2,10H2,1H3;2-3,5H,4H2,1H3,(H,10,11);2-3H2,1H3;1H3. The van der Waals surface area contributed by atoms with Crippen LogP contribution in [-0.4, -0.2) is 71.7 Å². The highest BCUT2D eigenvalue weighted by Gasteiger charge is 2.05. The number of alkyl halides is 1. The number of carboxylic acids is 1. The van der Waals surface area contributed by atoms with E-state index in [-0.39, 0.29) is 23.9 Å². The highest BCUT2D eigenvalue weighted by atomic mass is 79.9. The van der Waals surface area contributed by atoms with Gasteiger partial charge in [0.2, 0.25) is 5.88 Å². The third-order valence-electron chi connectivity index (χ3n) is 5.19. The van der Waals surface area contributed by atoms with Gasteiger partial charge < -0.3 is 30.7 Å². The van der Waals surface area contributed by atoms with Crippen molar-refractivity contribution >= 4 is 48.6 Å². The van der Waals surface area contributed by atoms with Crippen molar-refractivity contribution in [3.63, 3.8) is 0 Å². The van der Waals surface area contributed by atoms with Crippen LogP contribution in [0.25, 0.3) is 0 Å². The second-order valence-electron chi connectivity index (χ2n) is 8.89. The highest BCUT2D eigenvalue weighted by Crippen LogP contribution is 2.10. The largest absolute Gasteiger partial charge is 0.508 e. The van der Waals surface area contributed by atoms with Gasteiger partial charge in [-0.25, -0.2) is 9.78 Å². The van der Waals surface area contributed by atoms with Crippen molar-refractivity contribution in [3.8, 4) is 11.6 Å². The number of carbonyl (C=O) groups is 3. The molecule has 0 aliphatic carbocycles. The van der Waals surface area contributed by atoms with Gasteiger partial charge in [0.25, 0.3) is 0 Å². The number of nitrogen functional groups attached to an aromatic ring is 1. The molecule has 0 radical (unpaired) electrons. The molecule has 10 nitrogen and oxygen atoms in total. The van der Waals surface area contributed by atoms with Gasteiger partial charge in [0.05, 0.1) is 32.2 Å². The molecule has 1 aromatic heterocycles. The van der Waals surface area contributed by atoms with E-state index < -0.39 is 5.97 Å². The van der Waals surface area contributed by atoms with E-state index in [9.17, 15) is 14.4 Å². The van der Waals surface area contributed by atoms with Crippen LogP contribution in [0.4, 0.5) is 5.69 Å². The number of Topliss-reactive ketones (excluding diaryl/α,β-unsaturated/α-hetero) is 1. The lowest BCUT2D eigenvalue weighted by atomic mass is 10.1. The van der Waals surface area contributed by atoms with Crippen LogP contribution in [-0.2, 0) is 16.0 Å². The van der Waals surface area contributed by atoms with Crippen molar-refractivity contribution in [1.29, 1.82) is 0 Å². The number of unbranched alkanes of at least 4 members (excludes halogenated alkanes) is 2. The molecule has 3 rings (SSSR count). The highest BCUT2D eigenvalue weighted by molar-refractivity contribution is 9.08. The predicted octanol–water partition coefficient (Wildman–Crippen LogP) is 6.41. The fraction of sp³-hybridized carbons (Fsp3) is 0.394. The number of methoxy groups -OCH3 is 1. The summed E-state index contributed by atoms with van der Waals surface area (Å²) in [5.41, 5.74) is 7.86. The summed E-state index contributed by atoms with van der Waals surface area (Å²) in [4.78, 5) is 36.9. The molecular formula is C33H49BrN3O7P. The summed E-state index contributed by atoms with van der Waals surface area (Å²) in [7, 11) is 4.09. The Hall–Kier alpha value is -3.53. The van der Waals surface area contributed by atoms with Crippen molar-refractivity contribution in [1.82, 2.24) is 10.3 Å². The Morgan fingerprint density at radius 2 is 1.62 bits per heavy atom. The summed E-state index contributed by atoms with van der Waals surface area (Å²) in [6, 6.07) is 16.4. The molecule has 0 saturated heterocycles. The molecule has 1 atom stereocenters. The maximum atomic E-state index is 11.6. The molecule has 0 amide bonds. The van der Waals surface area contributed by atoms with Gasteiger partial charge in [0.15, 0.2) is 5.78 Å². The summed E-state index contributed by atoms with van der Waals surface area (Å²) in [5, 5.41) is 20.6. The molecule has 0 saturated carbocycles. The van der Waals surface area contributed by atoms with E-state index in [0.717, 1.165) is 13.0 Å². The number of carbonyl (C=O) groups excluding carboxylic acids is 2. The van der Waals surface area contributed by atoms with E-state index >= 15 is 0 Å². The predicted molar refractivity (Wildman–Crippen MR) is 189 cm³/mol. The zero-order valence-corrected chi connectivity index (χ0v) is 29.7. The summed E-state index contributed by atoms with van der Waals surface area (Å²) in [6.07, 6.45) is 6.15. The number of nitrogens with one attached hydrogen (secondary N) is 1. The third-order valence-corrected chi connectivity index (χ3v) is 5.19. The van der Waals surface area contributed by atoms with E-state index in [1.54, 1.807) is 55.5 Å². The summed E-state index contributed by atoms with van der Waals surface area (Å²) >= 11 is 2.94. The number of benzene rings is 2. The average molecular weight is 711 g/mol. The van der Waals surface area contributed by atoms with Crippen LogP contribution in [0.1, 0.15) is 66.3 Å². The van der Waals surface area contributed by atoms with E-state index in [0.29, 0.717) is 41.4 Å². The number of hydrogen-bond acceptors (Lipinski definition) is 9. The number of nitrogens with zero attached hydrogens (tertiary/aromatic N) is 1. The van der Waals surface area contributed by atoms with Gasteiger partial charge in [0.1, 0.15) is 5.75 Å². The lowest BCUT2D eigenvalue weighted by Crippen LogP contribution is -2.23. The number of carboxylic acid groups (broad SMARTS) is 1. The van der Waals surface area contributed by atoms with E-state index in [1.165, 1.54) is 44.4 Å². The number of aromatic hydroxyl groups is 1. The smallest absolute Gasteiger partial charge is 0.338 e. The van der Waals surface area contributed by atoms with Crippen molar-refractivity contribution < 1.29 is 34.1 Å². The molecule has 1 unspecified atom stereocenters. The van der Waals surface area contributed by atoms with Crippen LogP contribution in [0.15, 0.2) is 66.9 Å². The number of ketones is 1. The molecule has 12 heteroatoms. The molecule has 250 valence electrons. The molecule has 0 aliphatic heterocycles. The van der Waals surface area contributed by atoms with E-state index in [2.05, 4.69) is 49.3 Å². The van der Waals surface area contributed by atoms with Gasteiger partial charge in [-0.1, -0.05) is 54.8 Å². The van der Waals surface area contributed by atoms with Crippen molar-refractivity contribution in [2.24, 2.45) is 0 Å². The number of pyridine rings is 1. The number of nitrogens with two attached hydrogens (primary N) is 1. The van der Waals surface area contributed by atoms with Gasteiger partial charge >= 0.3 is 11.9 Å². The Balaban J connectivity index is 0. The van der Waals surface area contributed by atoms with Crippen molar-refractivity contribution in [2.45, 2.75) is 46.5 Å². The van der Waals surface area contributed by atoms with Gasteiger partial charge in [-0.05, 0) is 79.9 Å². The number of hydrogen-bond donors (Lipinski definition) is 4. The molecule has 3 aromatic rings. The van der Waals surface area contributed by atoms with Crippen LogP contribution >= 0.6 is 25.2 Å². The Bertz CT molecular complexity index is 1200. The van der Waals surface area contributed by atoms with Crippen LogP contribution in [0, 0.1) is 0 Å². The van der Waals surface area contributed by atoms with Gasteiger partial charge in [-0.2, -0.15) is 0 Å². The minimum absolute atomic E-state index is 0.00298. The molecule has 1 heterocycles. The Morgan fingerprint density at radius 1 is 0.978 bits per heavy atom. The Kier molecular flexibility index (Phi) is 28.3. The number of aromatic nitrogens is 1. The van der Waals surface area contributed by atoms with E-state index in [4.69, 9.17) is 25.4 Å². The maximum Gasteiger partial charge on any atom is 0.338 e. The monoisotopic (exact) mass is 709 g/mol. The van der Waals surface area contributed by atoms with Gasteiger partial charge in [0, 0.05) is 23.5 Å². The molecule has 0 spiro atoms. The number of esters is 1. The first-order valence-electron chi connectivity index (χ1n) is 14.5. The molecule has 5 N–H and O–H groups in total. The molecule has 0 bridgehead atoms. The van der Waals surface area contributed by atoms with E-state index in [1.807, 2.05) is 5.83 Å². The van der Waals surface area contributed by atoms with Crippen LogP contribution in [0.3, 0.4) is 0 Å². The quantitative estimate of drug-likeness (QED) is 0.0413. The second kappa shape index (κ2) is 29.2. The number of phenolic OH excluding ortho intramolecular Hbond substituents is 1. The normalized spacial score (nSPS) is 9.22. The number of phenols is 1. The second-order valence-corrected chi connectivity index (χ2v) is 9.70. The number of aliphatic carboxylic acids is 1. The third kappa shape index (κ3) is 23.5. The maximum absolute atomic E-state index is 11.6. The van der Waals surface area contributed by atoms with Gasteiger partial charge in [-0.3, -0.25) is 9.59 Å². The fourth-order valence-corrected chi connectivity index (χ4v) is 3.14. The lowest BCUT2D eigenvalue weighted by molar-refractivity contribution is -0.136. The number of anilines is 1. The molecule has 0 aliphatic rings. The zero-order valence-electron chi connectivity index (χ0n) is 26.9. The summed E-state index contributed by atoms with van der Waals surface area (Å²) in [6.45, 7) is 7.65. The Morgan fingerprint density at radius 3 is 2.11 bits per heavy atom. The molecule has 45 heavy (non-hydrogen) atoms. The summed E-state index contributed by atoms with van der Waals surface area (Å²) in [5.74, 6) is 1.37.